The summed E-state index contributed by atoms with van der Waals surface area (Å²) in [5.41, 5.74) is -0.371. The number of hydrogen-bond donors (Lipinski definition) is 7. The molecular weight excluding hydrogens is 664 g/mol. The molecule has 0 radical (unpaired) electrons. The number of benzene rings is 1. The summed E-state index contributed by atoms with van der Waals surface area (Å²) in [6, 6.07) is 4.24. The number of carboxylic acids is 1. The minimum Gasteiger partial charge on any atom is -0.479 e. The van der Waals surface area contributed by atoms with E-state index in [2.05, 4.69) is 16.0 Å². The maximum atomic E-state index is 12.8. The van der Waals surface area contributed by atoms with Crippen LogP contribution in [0.15, 0.2) is 30.4 Å². The number of imide groups is 1. The van der Waals surface area contributed by atoms with Crippen molar-refractivity contribution >= 4 is 53.0 Å². The first kappa shape index (κ1) is 39.5. The van der Waals surface area contributed by atoms with E-state index < -0.39 is 60.1 Å². The Bertz CT molecular complexity index is 1470. The molecule has 18 nitrogen and oxygen atoms in total. The number of aliphatic hydroxyl groups is 3. The van der Waals surface area contributed by atoms with E-state index >= 15 is 0 Å². The van der Waals surface area contributed by atoms with E-state index in [1.807, 2.05) is 0 Å². The number of anilines is 2. The summed E-state index contributed by atoms with van der Waals surface area (Å²) in [4.78, 5) is 85.7. The first-order valence-electron chi connectivity index (χ1n) is 15.8. The van der Waals surface area contributed by atoms with E-state index in [0.717, 1.165) is 4.90 Å². The second-order valence-electron chi connectivity index (χ2n) is 12.6. The molecule has 274 valence electrons. The average Bonchev–Trinajstić information content (AvgIpc) is 3.36. The third-order valence-electron chi connectivity index (χ3n) is 7.47. The topological polar surface area (TPSA) is 267 Å². The average molecular weight is 707 g/mol. The number of carbonyl (C=O) groups is 7. The summed E-state index contributed by atoms with van der Waals surface area (Å²) >= 11 is 0. The molecule has 0 saturated carbocycles. The number of carboxylic acid groups (broad SMARTS) is 1. The van der Waals surface area contributed by atoms with Gasteiger partial charge in [-0.1, -0.05) is 12.5 Å². The van der Waals surface area contributed by atoms with Crippen LogP contribution in [0.4, 0.5) is 16.2 Å². The highest BCUT2D eigenvalue weighted by Gasteiger charge is 2.48. The fourth-order valence-electron chi connectivity index (χ4n) is 4.65. The quantitative estimate of drug-likeness (QED) is 0.0727. The molecule has 18 heteroatoms. The highest BCUT2D eigenvalue weighted by atomic mass is 16.7. The van der Waals surface area contributed by atoms with Crippen molar-refractivity contribution in [2.24, 2.45) is 5.41 Å². The molecule has 0 spiro atoms. The van der Waals surface area contributed by atoms with Gasteiger partial charge in [-0.2, -0.15) is 0 Å². The molecule has 0 aliphatic carbocycles. The summed E-state index contributed by atoms with van der Waals surface area (Å²) in [6.07, 6.45) is -7.25. The monoisotopic (exact) mass is 706 g/mol. The summed E-state index contributed by atoms with van der Waals surface area (Å²) < 4.78 is 15.2. The maximum absolute atomic E-state index is 12.8. The minimum atomic E-state index is -2.01. The molecule has 2 aliphatic heterocycles. The Morgan fingerprint density at radius 3 is 2.18 bits per heavy atom. The number of aliphatic carboxylic acids is 1. The summed E-state index contributed by atoms with van der Waals surface area (Å²) in [5.74, 6) is -3.78. The second kappa shape index (κ2) is 17.7. The molecule has 2 aliphatic rings. The molecule has 0 aromatic heterocycles. The lowest BCUT2D eigenvalue weighted by Gasteiger charge is -2.37. The van der Waals surface area contributed by atoms with Gasteiger partial charge in [0.05, 0.1) is 16.8 Å². The molecule has 1 aromatic rings. The lowest BCUT2D eigenvalue weighted by Crippen LogP contribution is -2.60. The van der Waals surface area contributed by atoms with Gasteiger partial charge in [0.1, 0.15) is 24.9 Å². The lowest BCUT2D eigenvalue weighted by atomic mass is 9.97. The standard InChI is InChI=1S/C32H42N4O14/c1-32(2,3)30(46)48-16-17-8-9-18(35-31(47)50-29-26(43)24(41)25(42)27(49-29)28(44)45)19(15-17)34-21(38)12-13-33-20(37)7-5-4-6-14-36-22(39)10-11-23(36)40/h8-11,15,24-27,29,41-43H,4-7,12-14,16H2,1-3H3,(H,33,37)(H,34,38)(H,35,47)(H,44,45)/t24-,25-,26+,27-,29-/m0/s1. The van der Waals surface area contributed by atoms with Crippen molar-refractivity contribution in [3.05, 3.63) is 35.9 Å². The van der Waals surface area contributed by atoms with Crippen molar-refractivity contribution in [3.63, 3.8) is 0 Å². The third kappa shape index (κ3) is 11.3. The van der Waals surface area contributed by atoms with Gasteiger partial charge >= 0.3 is 18.0 Å². The fourth-order valence-corrected chi connectivity index (χ4v) is 4.65. The minimum absolute atomic E-state index is 0.0248. The largest absolute Gasteiger partial charge is 0.479 e. The number of esters is 1. The molecule has 1 saturated heterocycles. The van der Waals surface area contributed by atoms with E-state index in [1.165, 1.54) is 30.4 Å². The number of aliphatic hydroxyl groups excluding tert-OH is 3. The molecule has 0 unspecified atom stereocenters. The predicted molar refractivity (Wildman–Crippen MR) is 171 cm³/mol. The number of ether oxygens (including phenoxy) is 3. The molecular formula is C32H42N4O14. The van der Waals surface area contributed by atoms with Crippen molar-refractivity contribution < 1.29 is 68.2 Å². The second-order valence-corrected chi connectivity index (χ2v) is 12.6. The van der Waals surface area contributed by atoms with Crippen molar-refractivity contribution in [2.75, 3.05) is 23.7 Å². The fraction of sp³-hybridized carbons (Fsp3) is 0.531. The number of hydrogen-bond acceptors (Lipinski definition) is 13. The van der Waals surface area contributed by atoms with Crippen LogP contribution in [0.1, 0.15) is 58.4 Å². The van der Waals surface area contributed by atoms with E-state index in [4.69, 9.17) is 14.2 Å². The molecule has 5 atom stereocenters. The number of nitrogens with zero attached hydrogens (tertiary/aromatic N) is 1. The van der Waals surface area contributed by atoms with Crippen LogP contribution in [-0.4, -0.2) is 111 Å². The van der Waals surface area contributed by atoms with E-state index in [9.17, 15) is 54.0 Å². The predicted octanol–water partition coefficient (Wildman–Crippen LogP) is 0.147. The van der Waals surface area contributed by atoms with Crippen LogP contribution in [0, 0.1) is 5.41 Å². The first-order valence-corrected chi connectivity index (χ1v) is 15.8. The van der Waals surface area contributed by atoms with Crippen LogP contribution >= 0.6 is 0 Å². The number of unbranched alkanes of at least 4 members (excludes halogenated alkanes) is 2. The van der Waals surface area contributed by atoms with Crippen LogP contribution in [0.25, 0.3) is 0 Å². The van der Waals surface area contributed by atoms with Crippen molar-refractivity contribution in [3.8, 4) is 0 Å². The SMILES string of the molecule is CC(C)(C)C(=O)OCc1ccc(NC(=O)O[C@@H]2O[C@H](C(=O)O)[C@@H](O)[C@H](O)[C@H]2O)c(NC(=O)CCNC(=O)CCCCCN2C(=O)C=CC2=O)c1. The number of carbonyl (C=O) groups excluding carboxylic acids is 6. The molecule has 0 bridgehead atoms. The smallest absolute Gasteiger partial charge is 0.414 e. The molecule has 3 rings (SSSR count). The number of amides is 5. The van der Waals surface area contributed by atoms with Gasteiger partial charge in [0, 0.05) is 38.1 Å². The Balaban J connectivity index is 1.56. The number of rotatable bonds is 15. The van der Waals surface area contributed by atoms with Crippen LogP contribution in [0.2, 0.25) is 0 Å². The first-order chi connectivity index (χ1) is 23.5. The molecule has 5 amide bonds. The molecule has 50 heavy (non-hydrogen) atoms. The zero-order valence-corrected chi connectivity index (χ0v) is 27.7. The number of nitrogens with one attached hydrogen (secondary N) is 3. The van der Waals surface area contributed by atoms with Gasteiger partial charge in [0.15, 0.2) is 6.10 Å². The van der Waals surface area contributed by atoms with Crippen molar-refractivity contribution in [2.45, 2.75) is 90.2 Å². The summed E-state index contributed by atoms with van der Waals surface area (Å²) in [6.45, 7) is 5.06. The van der Waals surface area contributed by atoms with Gasteiger partial charge in [0.25, 0.3) is 11.8 Å². The molecule has 1 aromatic carbocycles. The lowest BCUT2D eigenvalue weighted by molar-refractivity contribution is -0.277. The highest BCUT2D eigenvalue weighted by molar-refractivity contribution is 6.12. The normalized spacial score (nSPS) is 21.8. The zero-order valence-electron chi connectivity index (χ0n) is 27.7. The van der Waals surface area contributed by atoms with Crippen LogP contribution in [0.5, 0.6) is 0 Å². The Labute approximate surface area is 286 Å². The summed E-state index contributed by atoms with van der Waals surface area (Å²) in [5, 5.41) is 46.7. The van der Waals surface area contributed by atoms with Gasteiger partial charge in [-0.3, -0.25) is 34.2 Å². The van der Waals surface area contributed by atoms with Crippen LogP contribution in [-0.2, 0) is 49.6 Å². The van der Waals surface area contributed by atoms with Crippen LogP contribution in [0.3, 0.4) is 0 Å². The van der Waals surface area contributed by atoms with Gasteiger partial charge in [0.2, 0.25) is 18.1 Å². The molecule has 2 heterocycles. The molecule has 1 fully saturated rings. The van der Waals surface area contributed by atoms with Gasteiger partial charge in [-0.15, -0.1) is 0 Å². The third-order valence-corrected chi connectivity index (χ3v) is 7.47. The molecule has 7 N–H and O–H groups in total. The van der Waals surface area contributed by atoms with E-state index in [0.29, 0.717) is 24.8 Å². The Hall–Kier alpha value is -4.91. The zero-order chi connectivity index (χ0) is 37.2. The Morgan fingerprint density at radius 2 is 1.54 bits per heavy atom. The van der Waals surface area contributed by atoms with Gasteiger partial charge < -0.3 is 45.3 Å². The van der Waals surface area contributed by atoms with Crippen molar-refractivity contribution in [1.29, 1.82) is 0 Å². The highest BCUT2D eigenvalue weighted by Crippen LogP contribution is 2.27. The van der Waals surface area contributed by atoms with Gasteiger partial charge in [-0.05, 0) is 51.3 Å². The summed E-state index contributed by atoms with van der Waals surface area (Å²) in [7, 11) is 0. The van der Waals surface area contributed by atoms with Gasteiger partial charge in [-0.25, -0.2) is 9.59 Å². The van der Waals surface area contributed by atoms with E-state index in [1.54, 1.807) is 20.8 Å². The van der Waals surface area contributed by atoms with Crippen LogP contribution < -0.4 is 16.0 Å². The maximum Gasteiger partial charge on any atom is 0.414 e. The Kier molecular flexibility index (Phi) is 14.0. The van der Waals surface area contributed by atoms with E-state index in [-0.39, 0.29) is 61.6 Å². The Morgan fingerprint density at radius 1 is 0.860 bits per heavy atom. The van der Waals surface area contributed by atoms with Crippen molar-refractivity contribution in [1.82, 2.24) is 10.2 Å².